The van der Waals surface area contributed by atoms with Gasteiger partial charge < -0.3 is 9.84 Å². The van der Waals surface area contributed by atoms with Crippen LogP contribution in [0.3, 0.4) is 0 Å². The minimum atomic E-state index is 0.594. The summed E-state index contributed by atoms with van der Waals surface area (Å²) in [6.45, 7) is 0.594. The summed E-state index contributed by atoms with van der Waals surface area (Å²) in [5.74, 6) is 0.714. The third kappa shape index (κ3) is 2.87. The van der Waals surface area contributed by atoms with E-state index >= 15 is 0 Å². The molecule has 1 aromatic carbocycles. The standard InChI is InChI=1S/C12H11ClN2O/c13-12-6-2-1-4-10(12)8-14-15-9-11-5-3-7-16-11/h1-7,9,14H,8H2/b15-9-. The second-order valence-corrected chi connectivity index (χ2v) is 3.61. The SMILES string of the molecule is Clc1ccccc1CN/N=C\c1ccco1. The number of hydrogen-bond acceptors (Lipinski definition) is 3. The first-order valence-electron chi connectivity index (χ1n) is 4.89. The number of hydrogen-bond donors (Lipinski definition) is 1. The molecule has 0 spiro atoms. The average molecular weight is 235 g/mol. The van der Waals surface area contributed by atoms with E-state index in [9.17, 15) is 0 Å². The van der Waals surface area contributed by atoms with Crippen LogP contribution < -0.4 is 5.43 Å². The van der Waals surface area contributed by atoms with Gasteiger partial charge in [-0.2, -0.15) is 5.10 Å². The molecule has 2 aromatic rings. The Morgan fingerprint density at radius 3 is 2.88 bits per heavy atom. The van der Waals surface area contributed by atoms with Gasteiger partial charge in [-0.15, -0.1) is 0 Å². The molecule has 4 heteroatoms. The number of rotatable bonds is 4. The van der Waals surface area contributed by atoms with Gasteiger partial charge in [-0.3, -0.25) is 0 Å². The minimum absolute atomic E-state index is 0.594. The number of nitrogens with zero attached hydrogens (tertiary/aromatic N) is 1. The second-order valence-electron chi connectivity index (χ2n) is 3.20. The highest BCUT2D eigenvalue weighted by Gasteiger charge is 1.96. The van der Waals surface area contributed by atoms with Gasteiger partial charge in [-0.05, 0) is 23.8 Å². The van der Waals surface area contributed by atoms with Gasteiger partial charge in [0.15, 0.2) is 0 Å². The molecule has 1 aromatic heterocycles. The minimum Gasteiger partial charge on any atom is -0.463 e. The number of benzene rings is 1. The summed E-state index contributed by atoms with van der Waals surface area (Å²) >= 11 is 5.99. The second kappa shape index (κ2) is 5.37. The number of hydrazone groups is 1. The normalized spacial score (nSPS) is 10.8. The lowest BCUT2D eigenvalue weighted by atomic mass is 10.2. The van der Waals surface area contributed by atoms with E-state index in [1.165, 1.54) is 0 Å². The zero-order valence-corrected chi connectivity index (χ0v) is 9.32. The van der Waals surface area contributed by atoms with Crippen LogP contribution in [-0.2, 0) is 6.54 Å². The van der Waals surface area contributed by atoms with Crippen LogP contribution >= 0.6 is 11.6 Å². The molecule has 0 saturated carbocycles. The van der Waals surface area contributed by atoms with Gasteiger partial charge in [0.1, 0.15) is 5.76 Å². The summed E-state index contributed by atoms with van der Waals surface area (Å²) in [4.78, 5) is 0. The van der Waals surface area contributed by atoms with Gasteiger partial charge >= 0.3 is 0 Å². The lowest BCUT2D eigenvalue weighted by Gasteiger charge is -2.02. The fourth-order valence-electron chi connectivity index (χ4n) is 1.25. The Bertz CT molecular complexity index is 466. The molecule has 0 aliphatic heterocycles. The van der Waals surface area contributed by atoms with Gasteiger partial charge in [-0.25, -0.2) is 0 Å². The fourth-order valence-corrected chi connectivity index (χ4v) is 1.45. The molecule has 2 rings (SSSR count). The zero-order chi connectivity index (χ0) is 11.2. The topological polar surface area (TPSA) is 37.5 Å². The van der Waals surface area contributed by atoms with Crippen molar-refractivity contribution in [2.24, 2.45) is 5.10 Å². The molecule has 82 valence electrons. The number of nitrogens with one attached hydrogen (secondary N) is 1. The van der Waals surface area contributed by atoms with Crippen molar-refractivity contribution in [2.75, 3.05) is 0 Å². The highest BCUT2D eigenvalue weighted by Crippen LogP contribution is 2.14. The van der Waals surface area contributed by atoms with Gasteiger partial charge in [0.2, 0.25) is 0 Å². The van der Waals surface area contributed by atoms with Gasteiger partial charge in [0.05, 0.1) is 19.0 Å². The van der Waals surface area contributed by atoms with Crippen molar-refractivity contribution in [2.45, 2.75) is 6.54 Å². The maximum atomic E-state index is 5.99. The molecule has 0 bridgehead atoms. The predicted molar refractivity (Wildman–Crippen MR) is 64.6 cm³/mol. The molecule has 0 saturated heterocycles. The Morgan fingerprint density at radius 2 is 2.12 bits per heavy atom. The van der Waals surface area contributed by atoms with E-state index in [0.717, 1.165) is 10.6 Å². The van der Waals surface area contributed by atoms with Gasteiger partial charge in [-0.1, -0.05) is 29.8 Å². The van der Waals surface area contributed by atoms with Crippen LogP contribution in [0, 0.1) is 0 Å². The summed E-state index contributed by atoms with van der Waals surface area (Å²) in [6, 6.07) is 11.3. The van der Waals surface area contributed by atoms with Crippen LogP contribution in [0.2, 0.25) is 5.02 Å². The molecule has 0 fully saturated rings. The van der Waals surface area contributed by atoms with Gasteiger partial charge in [0, 0.05) is 5.02 Å². The lowest BCUT2D eigenvalue weighted by Crippen LogP contribution is -2.05. The molecule has 1 heterocycles. The summed E-state index contributed by atoms with van der Waals surface area (Å²) in [5, 5.41) is 4.76. The maximum Gasteiger partial charge on any atom is 0.146 e. The van der Waals surface area contributed by atoms with Crippen LogP contribution in [0.5, 0.6) is 0 Å². The number of furan rings is 1. The van der Waals surface area contributed by atoms with E-state index in [2.05, 4.69) is 10.5 Å². The molecule has 0 amide bonds. The first kappa shape index (κ1) is 10.8. The van der Waals surface area contributed by atoms with Crippen LogP contribution in [0.15, 0.2) is 52.2 Å². The molecular weight excluding hydrogens is 224 g/mol. The van der Waals surface area contributed by atoms with E-state index in [-0.39, 0.29) is 0 Å². The predicted octanol–water partition coefficient (Wildman–Crippen LogP) is 3.06. The molecule has 3 nitrogen and oxygen atoms in total. The van der Waals surface area contributed by atoms with Crippen molar-refractivity contribution in [3.05, 3.63) is 59.0 Å². The molecule has 0 atom stereocenters. The molecule has 0 radical (unpaired) electrons. The highest BCUT2D eigenvalue weighted by molar-refractivity contribution is 6.31. The Morgan fingerprint density at radius 1 is 1.25 bits per heavy atom. The Hall–Kier alpha value is -1.74. The highest BCUT2D eigenvalue weighted by atomic mass is 35.5. The van der Waals surface area contributed by atoms with E-state index in [4.69, 9.17) is 16.0 Å². The molecule has 0 unspecified atom stereocenters. The Labute approximate surface area is 98.7 Å². The zero-order valence-electron chi connectivity index (χ0n) is 8.56. The summed E-state index contributed by atoms with van der Waals surface area (Å²) in [5.41, 5.74) is 3.92. The summed E-state index contributed by atoms with van der Waals surface area (Å²) in [7, 11) is 0. The van der Waals surface area contributed by atoms with Crippen molar-refractivity contribution in [3.63, 3.8) is 0 Å². The van der Waals surface area contributed by atoms with Crippen molar-refractivity contribution >= 4 is 17.8 Å². The molecular formula is C12H11ClN2O. The first-order chi connectivity index (χ1) is 7.86. The van der Waals surface area contributed by atoms with Crippen molar-refractivity contribution in [1.82, 2.24) is 5.43 Å². The van der Waals surface area contributed by atoms with E-state index in [0.29, 0.717) is 12.3 Å². The van der Waals surface area contributed by atoms with Crippen LogP contribution in [-0.4, -0.2) is 6.21 Å². The maximum absolute atomic E-state index is 5.99. The van der Waals surface area contributed by atoms with E-state index in [1.54, 1.807) is 12.5 Å². The third-order valence-corrected chi connectivity index (χ3v) is 2.42. The van der Waals surface area contributed by atoms with Crippen LogP contribution in [0.1, 0.15) is 11.3 Å². The Balaban J connectivity index is 1.87. The van der Waals surface area contributed by atoms with Crippen molar-refractivity contribution in [1.29, 1.82) is 0 Å². The Kier molecular flexibility index (Phi) is 3.62. The quantitative estimate of drug-likeness (QED) is 0.652. The molecule has 0 aliphatic rings. The molecule has 16 heavy (non-hydrogen) atoms. The average Bonchev–Trinajstić information content (AvgIpc) is 2.79. The van der Waals surface area contributed by atoms with E-state index < -0.39 is 0 Å². The largest absolute Gasteiger partial charge is 0.463 e. The van der Waals surface area contributed by atoms with E-state index in [1.807, 2.05) is 36.4 Å². The summed E-state index contributed by atoms with van der Waals surface area (Å²) < 4.78 is 5.09. The van der Waals surface area contributed by atoms with Gasteiger partial charge in [0.25, 0.3) is 0 Å². The van der Waals surface area contributed by atoms with Crippen molar-refractivity contribution < 1.29 is 4.42 Å². The van der Waals surface area contributed by atoms with Crippen LogP contribution in [0.25, 0.3) is 0 Å². The van der Waals surface area contributed by atoms with Crippen molar-refractivity contribution in [3.8, 4) is 0 Å². The fraction of sp³-hybridized carbons (Fsp3) is 0.0833. The number of halogens is 1. The molecule has 0 aliphatic carbocycles. The lowest BCUT2D eigenvalue weighted by molar-refractivity contribution is 0.559. The smallest absolute Gasteiger partial charge is 0.146 e. The third-order valence-electron chi connectivity index (χ3n) is 2.05. The first-order valence-corrected chi connectivity index (χ1v) is 5.27. The molecule has 1 N–H and O–H groups in total. The summed E-state index contributed by atoms with van der Waals surface area (Å²) in [6.07, 6.45) is 3.23. The monoisotopic (exact) mass is 234 g/mol. The van der Waals surface area contributed by atoms with Crippen LogP contribution in [0.4, 0.5) is 0 Å².